The second-order valence-corrected chi connectivity index (χ2v) is 15.2. The maximum atomic E-state index is 6.64. The van der Waals surface area contributed by atoms with E-state index in [2.05, 4.69) is 51.0 Å². The molecular weight excluding hydrogens is 428 g/mol. The van der Waals surface area contributed by atoms with Crippen molar-refractivity contribution in [1.82, 2.24) is 14.5 Å². The van der Waals surface area contributed by atoms with Crippen LogP contribution in [0, 0.1) is 0 Å². The van der Waals surface area contributed by atoms with Gasteiger partial charge in [-0.25, -0.2) is 9.97 Å². The van der Waals surface area contributed by atoms with Crippen molar-refractivity contribution >= 4 is 31.0 Å². The fraction of sp³-hybridized carbons (Fsp3) is 0.462. The molecule has 33 heavy (non-hydrogen) atoms. The molecule has 0 amide bonds. The van der Waals surface area contributed by atoms with Crippen molar-refractivity contribution in [3.8, 4) is 5.75 Å². The number of hydrogen-bond acceptors (Lipinski definition) is 5. The van der Waals surface area contributed by atoms with E-state index in [1.807, 2.05) is 34.9 Å². The monoisotopic (exact) mass is 464 g/mol. The zero-order chi connectivity index (χ0) is 23.8. The number of rotatable bonds is 6. The Morgan fingerprint density at radius 1 is 1.09 bits per heavy atom. The molecule has 2 aromatic heterocycles. The molecule has 0 saturated heterocycles. The van der Waals surface area contributed by atoms with Crippen molar-refractivity contribution in [3.05, 3.63) is 53.7 Å². The molecular formula is C26H36N4O2Si. The van der Waals surface area contributed by atoms with Crippen molar-refractivity contribution < 1.29 is 9.16 Å². The van der Waals surface area contributed by atoms with E-state index in [-0.39, 0.29) is 5.04 Å². The minimum absolute atomic E-state index is 0.228. The highest BCUT2D eigenvalue weighted by molar-refractivity contribution is 6.74. The average Bonchev–Trinajstić information content (AvgIpc) is 3.08. The van der Waals surface area contributed by atoms with E-state index >= 15 is 0 Å². The van der Waals surface area contributed by atoms with E-state index in [1.54, 1.807) is 7.11 Å². The molecule has 4 rings (SSSR count). The highest BCUT2D eigenvalue weighted by atomic mass is 28.4. The number of hydrogen-bond donors (Lipinski definition) is 1. The Kier molecular flexibility index (Phi) is 6.38. The first-order chi connectivity index (χ1) is 15.6. The van der Waals surface area contributed by atoms with E-state index < -0.39 is 8.32 Å². The zero-order valence-electron chi connectivity index (χ0n) is 20.7. The molecule has 3 aromatic rings. The largest absolute Gasteiger partial charge is 0.497 e. The van der Waals surface area contributed by atoms with Gasteiger partial charge in [-0.1, -0.05) is 39.0 Å². The summed E-state index contributed by atoms with van der Waals surface area (Å²) in [6, 6.07) is 12.1. The van der Waals surface area contributed by atoms with Crippen LogP contribution < -0.4 is 10.5 Å². The van der Waals surface area contributed by atoms with Crippen LogP contribution in [0.25, 0.3) is 16.7 Å². The Morgan fingerprint density at radius 3 is 2.42 bits per heavy atom. The number of ether oxygens (including phenoxy) is 1. The van der Waals surface area contributed by atoms with Gasteiger partial charge in [-0.2, -0.15) is 0 Å². The van der Waals surface area contributed by atoms with Gasteiger partial charge in [-0.3, -0.25) is 4.57 Å². The van der Waals surface area contributed by atoms with E-state index in [1.165, 1.54) is 5.57 Å². The van der Waals surface area contributed by atoms with Crippen molar-refractivity contribution in [2.75, 3.05) is 12.8 Å². The Labute approximate surface area is 198 Å². The van der Waals surface area contributed by atoms with E-state index in [9.17, 15) is 0 Å². The van der Waals surface area contributed by atoms with Crippen LogP contribution in [-0.2, 0) is 11.0 Å². The smallest absolute Gasteiger partial charge is 0.202 e. The molecule has 6 nitrogen and oxygen atoms in total. The second-order valence-electron chi connectivity index (χ2n) is 10.4. The van der Waals surface area contributed by atoms with Crippen LogP contribution in [0.1, 0.15) is 51.3 Å². The molecule has 0 spiro atoms. The first kappa shape index (κ1) is 23.5. The number of anilines is 1. The Morgan fingerprint density at radius 2 is 1.82 bits per heavy atom. The van der Waals surface area contributed by atoms with Crippen LogP contribution in [-0.4, -0.2) is 36.1 Å². The van der Waals surface area contributed by atoms with Gasteiger partial charge in [0.05, 0.1) is 19.3 Å². The van der Waals surface area contributed by atoms with Crippen LogP contribution in [0.15, 0.2) is 42.5 Å². The third-order valence-electron chi connectivity index (χ3n) is 7.08. The molecule has 0 aliphatic heterocycles. The number of methoxy groups -OCH3 is 1. The predicted octanol–water partition coefficient (Wildman–Crippen LogP) is 6.03. The summed E-state index contributed by atoms with van der Waals surface area (Å²) >= 11 is 0. The highest BCUT2D eigenvalue weighted by Crippen LogP contribution is 2.39. The molecule has 0 radical (unpaired) electrons. The molecule has 176 valence electrons. The summed E-state index contributed by atoms with van der Waals surface area (Å²) in [7, 11) is -0.0860. The fourth-order valence-electron chi connectivity index (χ4n) is 4.01. The van der Waals surface area contributed by atoms with E-state index in [4.69, 9.17) is 19.9 Å². The fourth-order valence-corrected chi connectivity index (χ4v) is 5.41. The average molecular weight is 465 g/mol. The summed E-state index contributed by atoms with van der Waals surface area (Å²) < 4.78 is 13.9. The van der Waals surface area contributed by atoms with Crippen molar-refractivity contribution in [2.45, 2.75) is 70.8 Å². The van der Waals surface area contributed by atoms with Gasteiger partial charge in [0.2, 0.25) is 5.95 Å². The van der Waals surface area contributed by atoms with Gasteiger partial charge in [0.1, 0.15) is 11.3 Å². The third kappa shape index (κ3) is 4.99. The van der Waals surface area contributed by atoms with Gasteiger partial charge in [-0.05, 0) is 72.8 Å². The molecule has 0 fully saturated rings. The van der Waals surface area contributed by atoms with Gasteiger partial charge in [0, 0.05) is 6.10 Å². The number of nitrogen functional groups attached to an aromatic ring is 1. The van der Waals surface area contributed by atoms with E-state index in [0.29, 0.717) is 18.6 Å². The Bertz CT molecular complexity index is 1160. The maximum absolute atomic E-state index is 6.64. The summed E-state index contributed by atoms with van der Waals surface area (Å²) in [6.45, 7) is 12.2. The van der Waals surface area contributed by atoms with Crippen LogP contribution in [0.5, 0.6) is 5.75 Å². The number of aromatic nitrogens is 3. The summed E-state index contributed by atoms with van der Waals surface area (Å²) in [6.07, 6.45) is 5.55. The summed E-state index contributed by atoms with van der Waals surface area (Å²) in [4.78, 5) is 9.51. The molecule has 2 heterocycles. The maximum Gasteiger partial charge on any atom is 0.202 e. The van der Waals surface area contributed by atoms with Gasteiger partial charge < -0.3 is 14.9 Å². The standard InChI is InChI=1S/C26H36N4O2Si/c1-26(2,3)33(5,6)32-21-13-9-19(10-14-21)22-15-16-23-24(28-22)30(25(27)29-23)17-18-7-11-20(31-4)12-8-18/h7-9,11-12,15-16,21H,10,13-14,17H2,1-6H3,(H2,27,29). The number of benzene rings is 1. The minimum atomic E-state index is -1.76. The first-order valence-electron chi connectivity index (χ1n) is 11.7. The minimum Gasteiger partial charge on any atom is -0.497 e. The number of pyridine rings is 1. The lowest BCUT2D eigenvalue weighted by Gasteiger charge is -2.40. The molecule has 1 aliphatic rings. The molecule has 2 N–H and O–H groups in total. The van der Waals surface area contributed by atoms with Crippen molar-refractivity contribution in [1.29, 1.82) is 0 Å². The van der Waals surface area contributed by atoms with Gasteiger partial charge in [-0.15, -0.1) is 0 Å². The molecule has 1 aliphatic carbocycles. The predicted molar refractivity (Wildman–Crippen MR) is 138 cm³/mol. The summed E-state index contributed by atoms with van der Waals surface area (Å²) in [5.74, 6) is 1.31. The molecule has 1 aromatic carbocycles. The molecule has 1 unspecified atom stereocenters. The highest BCUT2D eigenvalue weighted by Gasteiger charge is 2.39. The Balaban J connectivity index is 1.54. The quantitative estimate of drug-likeness (QED) is 0.451. The van der Waals surface area contributed by atoms with Gasteiger partial charge >= 0.3 is 0 Å². The third-order valence-corrected chi connectivity index (χ3v) is 11.6. The van der Waals surface area contributed by atoms with Crippen molar-refractivity contribution in [2.24, 2.45) is 0 Å². The SMILES string of the molecule is COc1ccc(Cn2c(N)nc3ccc(C4=CCC(O[Si](C)(C)C(C)(C)C)CC4)nc32)cc1. The number of nitrogens with zero attached hydrogens (tertiary/aromatic N) is 3. The van der Waals surface area contributed by atoms with Crippen LogP contribution in [0.3, 0.4) is 0 Å². The van der Waals surface area contributed by atoms with Gasteiger partial charge in [0.25, 0.3) is 0 Å². The molecule has 1 atom stereocenters. The van der Waals surface area contributed by atoms with E-state index in [0.717, 1.165) is 47.4 Å². The molecule has 0 saturated carbocycles. The topological polar surface area (TPSA) is 75.2 Å². The lowest BCUT2D eigenvalue weighted by Crippen LogP contribution is -2.44. The molecule has 7 heteroatoms. The van der Waals surface area contributed by atoms with Crippen molar-refractivity contribution in [3.63, 3.8) is 0 Å². The normalized spacial score (nSPS) is 17.3. The van der Waals surface area contributed by atoms with Crippen LogP contribution in [0.4, 0.5) is 5.95 Å². The number of imidazole rings is 1. The number of fused-ring (bicyclic) bond motifs is 1. The number of allylic oxidation sites excluding steroid dienone is 1. The van der Waals surface area contributed by atoms with Crippen LogP contribution in [0.2, 0.25) is 18.1 Å². The second kappa shape index (κ2) is 8.95. The molecule has 0 bridgehead atoms. The number of nitrogens with two attached hydrogens (primary N) is 1. The van der Waals surface area contributed by atoms with Gasteiger partial charge in [0.15, 0.2) is 14.0 Å². The summed E-state index contributed by atoms with van der Waals surface area (Å²) in [5.41, 5.74) is 11.3. The first-order valence-corrected chi connectivity index (χ1v) is 14.6. The lowest BCUT2D eigenvalue weighted by atomic mass is 9.95. The van der Waals surface area contributed by atoms with Crippen LogP contribution >= 0.6 is 0 Å². The lowest BCUT2D eigenvalue weighted by molar-refractivity contribution is 0.172. The Hall–Kier alpha value is -2.64. The summed E-state index contributed by atoms with van der Waals surface area (Å²) in [5, 5.41) is 0.228. The zero-order valence-corrected chi connectivity index (χ0v) is 21.7.